The van der Waals surface area contributed by atoms with Crippen LogP contribution in [0.1, 0.15) is 32.4 Å². The van der Waals surface area contributed by atoms with E-state index in [9.17, 15) is 4.39 Å². The summed E-state index contributed by atoms with van der Waals surface area (Å²) in [6.45, 7) is 7.64. The molecule has 1 atom stereocenters. The van der Waals surface area contributed by atoms with E-state index in [2.05, 4.69) is 5.32 Å². The maximum absolute atomic E-state index is 13.4. The van der Waals surface area contributed by atoms with Crippen molar-refractivity contribution in [3.63, 3.8) is 0 Å². The number of hydrogen-bond acceptors (Lipinski definition) is 4. The zero-order valence-electron chi connectivity index (χ0n) is 12.6. The molecule has 1 aromatic carbocycles. The SMILES string of the molecule is CCOC(CNC(C)c1ccc(F)c(OC)c1)OCC. The van der Waals surface area contributed by atoms with Crippen molar-refractivity contribution in [1.29, 1.82) is 0 Å². The van der Waals surface area contributed by atoms with E-state index in [1.807, 2.05) is 20.8 Å². The fourth-order valence-corrected chi connectivity index (χ4v) is 1.87. The molecule has 0 radical (unpaired) electrons. The smallest absolute Gasteiger partial charge is 0.169 e. The predicted octanol–water partition coefficient (Wildman–Crippen LogP) is 2.88. The molecule has 20 heavy (non-hydrogen) atoms. The molecule has 0 aliphatic carbocycles. The van der Waals surface area contributed by atoms with Gasteiger partial charge in [0, 0.05) is 25.8 Å². The topological polar surface area (TPSA) is 39.7 Å². The van der Waals surface area contributed by atoms with Crippen molar-refractivity contribution in [3.05, 3.63) is 29.6 Å². The first-order chi connectivity index (χ1) is 9.62. The predicted molar refractivity (Wildman–Crippen MR) is 76.4 cm³/mol. The van der Waals surface area contributed by atoms with Gasteiger partial charge in [0.15, 0.2) is 17.9 Å². The highest BCUT2D eigenvalue weighted by Crippen LogP contribution is 2.22. The van der Waals surface area contributed by atoms with Crippen LogP contribution >= 0.6 is 0 Å². The van der Waals surface area contributed by atoms with Gasteiger partial charge in [-0.05, 0) is 38.5 Å². The van der Waals surface area contributed by atoms with E-state index >= 15 is 0 Å². The van der Waals surface area contributed by atoms with Crippen LogP contribution in [0.5, 0.6) is 5.75 Å². The molecule has 0 saturated heterocycles. The number of halogens is 1. The Kier molecular flexibility index (Phi) is 7.51. The van der Waals surface area contributed by atoms with Crippen molar-refractivity contribution in [2.45, 2.75) is 33.1 Å². The van der Waals surface area contributed by atoms with E-state index in [1.54, 1.807) is 12.1 Å². The normalized spacial score (nSPS) is 12.7. The lowest BCUT2D eigenvalue weighted by Gasteiger charge is -2.21. The van der Waals surface area contributed by atoms with Crippen LogP contribution in [0.25, 0.3) is 0 Å². The zero-order chi connectivity index (χ0) is 15.0. The Balaban J connectivity index is 2.59. The molecule has 0 heterocycles. The number of benzene rings is 1. The lowest BCUT2D eigenvalue weighted by atomic mass is 10.1. The number of methoxy groups -OCH3 is 1. The third-order valence-electron chi connectivity index (χ3n) is 2.97. The molecule has 0 amide bonds. The quantitative estimate of drug-likeness (QED) is 0.708. The van der Waals surface area contributed by atoms with Crippen molar-refractivity contribution in [2.75, 3.05) is 26.9 Å². The summed E-state index contributed by atoms with van der Waals surface area (Å²) in [5, 5.41) is 3.31. The summed E-state index contributed by atoms with van der Waals surface area (Å²) >= 11 is 0. The second kappa shape index (κ2) is 8.89. The summed E-state index contributed by atoms with van der Waals surface area (Å²) in [4.78, 5) is 0. The molecule has 0 aliphatic rings. The molecule has 4 nitrogen and oxygen atoms in total. The summed E-state index contributed by atoms with van der Waals surface area (Å²) in [6.07, 6.45) is -0.269. The van der Waals surface area contributed by atoms with Gasteiger partial charge >= 0.3 is 0 Å². The van der Waals surface area contributed by atoms with Gasteiger partial charge in [-0.15, -0.1) is 0 Å². The van der Waals surface area contributed by atoms with E-state index in [0.29, 0.717) is 19.8 Å². The first kappa shape index (κ1) is 16.9. The van der Waals surface area contributed by atoms with Gasteiger partial charge in [0.25, 0.3) is 0 Å². The molecule has 1 unspecified atom stereocenters. The van der Waals surface area contributed by atoms with Crippen LogP contribution in [0.15, 0.2) is 18.2 Å². The summed E-state index contributed by atoms with van der Waals surface area (Å²) in [5.41, 5.74) is 0.954. The Hall–Kier alpha value is -1.17. The van der Waals surface area contributed by atoms with Crippen molar-refractivity contribution in [1.82, 2.24) is 5.32 Å². The lowest BCUT2D eigenvalue weighted by molar-refractivity contribution is -0.133. The lowest BCUT2D eigenvalue weighted by Crippen LogP contribution is -2.33. The highest BCUT2D eigenvalue weighted by atomic mass is 19.1. The van der Waals surface area contributed by atoms with Gasteiger partial charge in [-0.3, -0.25) is 0 Å². The Morgan fingerprint density at radius 3 is 2.40 bits per heavy atom. The average molecular weight is 285 g/mol. The molecule has 0 bridgehead atoms. The van der Waals surface area contributed by atoms with Crippen LogP contribution in [0, 0.1) is 5.82 Å². The summed E-state index contributed by atoms with van der Waals surface area (Å²) in [5.74, 6) is -0.104. The van der Waals surface area contributed by atoms with Crippen LogP contribution in [0.4, 0.5) is 4.39 Å². The summed E-state index contributed by atoms with van der Waals surface area (Å²) in [6, 6.07) is 4.90. The Morgan fingerprint density at radius 1 is 1.20 bits per heavy atom. The number of hydrogen-bond donors (Lipinski definition) is 1. The fourth-order valence-electron chi connectivity index (χ4n) is 1.87. The van der Waals surface area contributed by atoms with Gasteiger partial charge in [-0.25, -0.2) is 4.39 Å². The van der Waals surface area contributed by atoms with E-state index in [4.69, 9.17) is 14.2 Å². The molecular formula is C15H24FNO3. The first-order valence-corrected chi connectivity index (χ1v) is 6.92. The van der Waals surface area contributed by atoms with Crippen molar-refractivity contribution in [3.8, 4) is 5.75 Å². The molecule has 5 heteroatoms. The third-order valence-corrected chi connectivity index (χ3v) is 2.97. The van der Waals surface area contributed by atoms with E-state index in [0.717, 1.165) is 5.56 Å². The molecule has 0 aliphatic heterocycles. The van der Waals surface area contributed by atoms with Crippen molar-refractivity contribution >= 4 is 0 Å². The standard InChI is InChI=1S/C15H24FNO3/c1-5-19-15(20-6-2)10-17-11(3)12-7-8-13(16)14(9-12)18-4/h7-9,11,15,17H,5-6,10H2,1-4H3. The molecule has 0 fully saturated rings. The minimum atomic E-state index is -0.357. The van der Waals surface area contributed by atoms with Crippen LogP contribution in [-0.4, -0.2) is 33.2 Å². The zero-order valence-corrected chi connectivity index (χ0v) is 12.6. The fraction of sp³-hybridized carbons (Fsp3) is 0.600. The molecule has 1 rings (SSSR count). The second-order valence-electron chi connectivity index (χ2n) is 4.36. The van der Waals surface area contributed by atoms with Crippen molar-refractivity contribution in [2.24, 2.45) is 0 Å². The van der Waals surface area contributed by atoms with E-state index < -0.39 is 0 Å². The highest BCUT2D eigenvalue weighted by Gasteiger charge is 2.13. The number of nitrogens with one attached hydrogen (secondary N) is 1. The van der Waals surface area contributed by atoms with Crippen LogP contribution in [-0.2, 0) is 9.47 Å². The molecule has 1 N–H and O–H groups in total. The largest absolute Gasteiger partial charge is 0.494 e. The van der Waals surface area contributed by atoms with Gasteiger partial charge < -0.3 is 19.5 Å². The van der Waals surface area contributed by atoms with Gasteiger partial charge in [0.05, 0.1) is 7.11 Å². The molecule has 0 spiro atoms. The van der Waals surface area contributed by atoms with Crippen molar-refractivity contribution < 1.29 is 18.6 Å². The van der Waals surface area contributed by atoms with Crippen LogP contribution < -0.4 is 10.1 Å². The monoisotopic (exact) mass is 285 g/mol. The average Bonchev–Trinajstić information content (AvgIpc) is 2.45. The van der Waals surface area contributed by atoms with Crippen LogP contribution in [0.2, 0.25) is 0 Å². The van der Waals surface area contributed by atoms with E-state index in [1.165, 1.54) is 13.2 Å². The second-order valence-corrected chi connectivity index (χ2v) is 4.36. The Morgan fingerprint density at radius 2 is 1.85 bits per heavy atom. The third kappa shape index (κ3) is 5.07. The highest BCUT2D eigenvalue weighted by molar-refractivity contribution is 5.31. The van der Waals surface area contributed by atoms with Gasteiger partial charge in [0.2, 0.25) is 0 Å². The van der Waals surface area contributed by atoms with E-state index in [-0.39, 0.29) is 23.9 Å². The summed E-state index contributed by atoms with van der Waals surface area (Å²) in [7, 11) is 1.46. The molecule has 0 saturated carbocycles. The minimum absolute atomic E-state index is 0.0490. The molecule has 114 valence electrons. The molecule has 1 aromatic rings. The maximum atomic E-state index is 13.4. The van der Waals surface area contributed by atoms with Gasteiger partial charge in [-0.1, -0.05) is 6.07 Å². The number of rotatable bonds is 9. The maximum Gasteiger partial charge on any atom is 0.169 e. The Bertz CT molecular complexity index is 395. The Labute approximate surface area is 120 Å². The molecular weight excluding hydrogens is 261 g/mol. The summed E-state index contributed by atoms with van der Waals surface area (Å²) < 4.78 is 29.3. The molecule has 0 aromatic heterocycles. The number of ether oxygens (including phenoxy) is 3. The van der Waals surface area contributed by atoms with Gasteiger partial charge in [0.1, 0.15) is 0 Å². The van der Waals surface area contributed by atoms with Gasteiger partial charge in [-0.2, -0.15) is 0 Å². The minimum Gasteiger partial charge on any atom is -0.494 e. The first-order valence-electron chi connectivity index (χ1n) is 6.92. The van der Waals surface area contributed by atoms with Crippen LogP contribution in [0.3, 0.4) is 0 Å².